The van der Waals surface area contributed by atoms with Gasteiger partial charge < -0.3 is 20.4 Å². The van der Waals surface area contributed by atoms with Crippen LogP contribution in [0.5, 0.6) is 0 Å². The van der Waals surface area contributed by atoms with E-state index in [1.165, 1.54) is 37.9 Å². The van der Waals surface area contributed by atoms with Crippen molar-refractivity contribution < 1.29 is 33.6 Å². The van der Waals surface area contributed by atoms with Gasteiger partial charge in [-0.05, 0) is 18.3 Å². The van der Waals surface area contributed by atoms with Crippen molar-refractivity contribution in [2.75, 3.05) is 34.7 Å². The molecule has 0 bridgehead atoms. The molecule has 0 aliphatic heterocycles. The van der Waals surface area contributed by atoms with E-state index in [4.69, 9.17) is 0 Å². The van der Waals surface area contributed by atoms with E-state index in [9.17, 15) is 33.6 Å². The number of urea groups is 3. The fourth-order valence-corrected chi connectivity index (χ4v) is 2.94. The third kappa shape index (κ3) is 10.3. The molecule has 0 aromatic heterocycles. The van der Waals surface area contributed by atoms with E-state index in [2.05, 4.69) is 10.6 Å². The quantitative estimate of drug-likeness (QED) is 0.327. The minimum atomic E-state index is -1.16. The van der Waals surface area contributed by atoms with Crippen LogP contribution in [0.4, 0.5) is 14.4 Å². The smallest absolute Gasteiger partial charge is 0.331 e. The van der Waals surface area contributed by atoms with Crippen molar-refractivity contribution in [3.05, 3.63) is 0 Å². The van der Waals surface area contributed by atoms with Gasteiger partial charge in [-0.15, -0.1) is 0 Å². The molecule has 0 aliphatic carbocycles. The number of carbonyl (C=O) groups is 7. The number of imide groups is 3. The Labute approximate surface area is 211 Å². The lowest BCUT2D eigenvalue weighted by Gasteiger charge is -2.32. The van der Waals surface area contributed by atoms with Crippen LogP contribution in [-0.2, 0) is 19.2 Å². The summed E-state index contributed by atoms with van der Waals surface area (Å²) in [5, 5.41) is 8.41. The first kappa shape index (κ1) is 32.3. The number of hydrogen-bond acceptors (Lipinski definition) is 7. The number of hydrogen-bond donors (Lipinski definition) is 4. The Morgan fingerprint density at radius 3 is 1.83 bits per heavy atom. The third-order valence-corrected chi connectivity index (χ3v) is 5.31. The van der Waals surface area contributed by atoms with Crippen LogP contribution in [0.25, 0.3) is 0 Å². The van der Waals surface area contributed by atoms with E-state index >= 15 is 0 Å². The van der Waals surface area contributed by atoms with Gasteiger partial charge in [0.15, 0.2) is 0 Å². The number of nitrogens with zero attached hydrogens (tertiary/aromatic N) is 3. The normalized spacial score (nSPS) is 12.2. The van der Waals surface area contributed by atoms with Crippen LogP contribution in [0, 0.1) is 11.8 Å². The molecule has 0 radical (unpaired) electrons. The van der Waals surface area contributed by atoms with E-state index in [1.54, 1.807) is 13.8 Å². The molecule has 0 fully saturated rings. The first-order valence-corrected chi connectivity index (χ1v) is 11.4. The first-order valence-electron chi connectivity index (χ1n) is 11.4. The molecule has 10 amide bonds. The lowest BCUT2D eigenvalue weighted by molar-refractivity contribution is -0.144. The maximum atomic E-state index is 13.2. The average molecular weight is 514 g/mol. The summed E-state index contributed by atoms with van der Waals surface area (Å²) in [7, 11) is 5.30. The van der Waals surface area contributed by atoms with Gasteiger partial charge in [0.2, 0.25) is 17.7 Å². The van der Waals surface area contributed by atoms with Gasteiger partial charge in [0.05, 0.1) is 6.54 Å². The summed E-state index contributed by atoms with van der Waals surface area (Å²) < 4.78 is 0. The van der Waals surface area contributed by atoms with E-state index in [-0.39, 0.29) is 24.8 Å². The van der Waals surface area contributed by atoms with Crippen molar-refractivity contribution in [2.45, 2.75) is 53.1 Å². The molecule has 14 nitrogen and oxygen atoms in total. The van der Waals surface area contributed by atoms with Gasteiger partial charge in [-0.2, -0.15) is 0 Å². The minimum absolute atomic E-state index is 0.0158. The number of rotatable bonds is 9. The molecule has 0 spiro atoms. The molecule has 2 atom stereocenters. The highest BCUT2D eigenvalue weighted by Crippen LogP contribution is 2.14. The molecule has 0 unspecified atom stereocenters. The maximum absolute atomic E-state index is 13.2. The van der Waals surface area contributed by atoms with Crippen molar-refractivity contribution in [1.82, 2.24) is 36.0 Å². The Bertz CT molecular complexity index is 860. The summed E-state index contributed by atoms with van der Waals surface area (Å²) in [6.07, 6.45) is 0.285. The number of amides is 10. The van der Waals surface area contributed by atoms with E-state index in [1.807, 2.05) is 24.5 Å². The second-order valence-electron chi connectivity index (χ2n) is 9.12. The number of nitrogens with one attached hydrogen (secondary N) is 4. The van der Waals surface area contributed by atoms with E-state index in [0.29, 0.717) is 4.90 Å². The summed E-state index contributed by atoms with van der Waals surface area (Å²) in [6, 6.07) is -5.21. The van der Waals surface area contributed by atoms with Crippen LogP contribution < -0.4 is 21.3 Å². The van der Waals surface area contributed by atoms with Crippen molar-refractivity contribution in [1.29, 1.82) is 0 Å². The highest BCUT2D eigenvalue weighted by Gasteiger charge is 2.35. The van der Waals surface area contributed by atoms with E-state index < -0.39 is 53.8 Å². The molecule has 0 saturated carbocycles. The summed E-state index contributed by atoms with van der Waals surface area (Å²) in [4.78, 5) is 88.7. The number of likely N-dealkylation sites (N-methyl/N-ethyl adjacent to an activating group) is 3. The highest BCUT2D eigenvalue weighted by atomic mass is 16.2. The SMILES string of the molecule is CNC(=O)NC(=O)NC(=O)N(C)C(=O)[C@@H](NC(=O)[C@H](CC(C)C)N(C)C(=O)CN(C)C(C)=O)C(C)C. The van der Waals surface area contributed by atoms with Crippen LogP contribution in [0.1, 0.15) is 41.0 Å². The summed E-state index contributed by atoms with van der Waals surface area (Å²) in [6.45, 7) is 8.14. The standard InChI is InChI=1S/C22H39N7O7/c1-12(2)10-15(28(8)16(31)11-27(7)14(5)30)18(32)24-17(13(3)4)19(33)29(9)22(36)26-21(35)25-20(34)23-6/h12-13,15,17H,10-11H2,1-9H3,(H,24,32)(H3,23,25,26,34,35,36)/t15-,17-/m0/s1. The molecule has 204 valence electrons. The topological polar surface area (TPSA) is 177 Å². The Kier molecular flexibility index (Phi) is 13.1. The molecule has 0 aromatic rings. The zero-order chi connectivity index (χ0) is 28.3. The Morgan fingerprint density at radius 1 is 0.833 bits per heavy atom. The zero-order valence-electron chi connectivity index (χ0n) is 22.4. The molecule has 0 rings (SSSR count). The van der Waals surface area contributed by atoms with Crippen LogP contribution >= 0.6 is 0 Å². The first-order chi connectivity index (χ1) is 16.5. The molecule has 0 aromatic carbocycles. The average Bonchev–Trinajstić information content (AvgIpc) is 2.78. The van der Waals surface area contributed by atoms with Crippen molar-refractivity contribution in [3.8, 4) is 0 Å². The second kappa shape index (κ2) is 14.6. The van der Waals surface area contributed by atoms with Gasteiger partial charge >= 0.3 is 18.1 Å². The fourth-order valence-electron chi connectivity index (χ4n) is 2.94. The van der Waals surface area contributed by atoms with Crippen LogP contribution in [0.15, 0.2) is 0 Å². The summed E-state index contributed by atoms with van der Waals surface area (Å²) >= 11 is 0. The van der Waals surface area contributed by atoms with E-state index in [0.717, 1.165) is 7.05 Å². The summed E-state index contributed by atoms with van der Waals surface area (Å²) in [5.41, 5.74) is 0. The van der Waals surface area contributed by atoms with Gasteiger partial charge in [0.1, 0.15) is 12.1 Å². The molecule has 0 aliphatic rings. The zero-order valence-corrected chi connectivity index (χ0v) is 22.4. The van der Waals surface area contributed by atoms with Gasteiger partial charge in [-0.25, -0.2) is 14.4 Å². The fraction of sp³-hybridized carbons (Fsp3) is 0.682. The Morgan fingerprint density at radius 2 is 1.39 bits per heavy atom. The van der Waals surface area contributed by atoms with Gasteiger partial charge in [-0.3, -0.25) is 34.7 Å². The highest BCUT2D eigenvalue weighted by molar-refractivity contribution is 6.06. The molecule has 0 saturated heterocycles. The van der Waals surface area contributed by atoms with Gasteiger partial charge in [0, 0.05) is 35.1 Å². The van der Waals surface area contributed by atoms with Crippen molar-refractivity contribution in [3.63, 3.8) is 0 Å². The van der Waals surface area contributed by atoms with Crippen LogP contribution in [0.3, 0.4) is 0 Å². The molecule has 0 heterocycles. The second-order valence-corrected chi connectivity index (χ2v) is 9.12. The minimum Gasteiger partial charge on any atom is -0.342 e. The lowest BCUT2D eigenvalue weighted by atomic mass is 9.99. The van der Waals surface area contributed by atoms with Crippen molar-refractivity contribution >= 4 is 41.7 Å². The van der Waals surface area contributed by atoms with Crippen molar-refractivity contribution in [2.24, 2.45) is 11.8 Å². The van der Waals surface area contributed by atoms with Crippen LogP contribution in [0.2, 0.25) is 0 Å². The predicted octanol–water partition coefficient (Wildman–Crippen LogP) is -0.304. The molecular weight excluding hydrogens is 474 g/mol. The molecule has 14 heteroatoms. The largest absolute Gasteiger partial charge is 0.342 e. The Balaban J connectivity index is 5.60. The number of carbonyl (C=O) groups excluding carboxylic acids is 7. The maximum Gasteiger partial charge on any atom is 0.331 e. The Hall–Kier alpha value is -3.71. The predicted molar refractivity (Wildman–Crippen MR) is 130 cm³/mol. The lowest BCUT2D eigenvalue weighted by Crippen LogP contribution is -2.59. The molecule has 4 N–H and O–H groups in total. The third-order valence-electron chi connectivity index (χ3n) is 5.31. The molecule has 36 heavy (non-hydrogen) atoms. The van der Waals surface area contributed by atoms with Crippen LogP contribution in [-0.4, -0.2) is 103 Å². The monoisotopic (exact) mass is 513 g/mol. The molecular formula is C22H39N7O7. The van der Waals surface area contributed by atoms with Gasteiger partial charge in [0.25, 0.3) is 5.91 Å². The van der Waals surface area contributed by atoms with Gasteiger partial charge in [-0.1, -0.05) is 27.7 Å². The summed E-state index contributed by atoms with van der Waals surface area (Å²) in [5.74, 6) is -2.62.